The predicted molar refractivity (Wildman–Crippen MR) is 56.1 cm³/mol. The molecule has 0 radical (unpaired) electrons. The van der Waals surface area contributed by atoms with E-state index >= 15 is 0 Å². The maximum Gasteiger partial charge on any atom is 0.0633 e. The van der Waals surface area contributed by atoms with E-state index in [1.807, 2.05) is 13.8 Å². The van der Waals surface area contributed by atoms with Crippen LogP contribution in [0, 0.1) is 5.41 Å². The molecule has 1 unspecified atom stereocenters. The van der Waals surface area contributed by atoms with Gasteiger partial charge in [0.2, 0.25) is 0 Å². The predicted octanol–water partition coefficient (Wildman–Crippen LogP) is -0.272. The van der Waals surface area contributed by atoms with Crippen molar-refractivity contribution in [3.8, 4) is 0 Å². The van der Waals surface area contributed by atoms with Gasteiger partial charge in [-0.25, -0.2) is 0 Å². The zero-order valence-corrected chi connectivity index (χ0v) is 9.38. The molecule has 0 rings (SSSR count). The molecule has 86 valence electrons. The largest absolute Gasteiger partial charge is 0.396 e. The molecule has 0 bridgehead atoms. The van der Waals surface area contributed by atoms with Crippen LogP contribution in [0.25, 0.3) is 0 Å². The van der Waals surface area contributed by atoms with E-state index in [0.29, 0.717) is 6.54 Å². The second-order valence-corrected chi connectivity index (χ2v) is 4.55. The lowest BCUT2D eigenvalue weighted by Crippen LogP contribution is -2.52. The van der Waals surface area contributed by atoms with Gasteiger partial charge in [0.1, 0.15) is 0 Å². The van der Waals surface area contributed by atoms with Gasteiger partial charge in [0, 0.05) is 18.6 Å². The molecule has 0 heterocycles. The lowest BCUT2D eigenvalue weighted by Gasteiger charge is -2.33. The molecule has 0 spiro atoms. The van der Waals surface area contributed by atoms with Gasteiger partial charge in [-0.1, -0.05) is 13.8 Å². The van der Waals surface area contributed by atoms with Crippen molar-refractivity contribution in [3.05, 3.63) is 0 Å². The summed E-state index contributed by atoms with van der Waals surface area (Å²) < 4.78 is 0. The zero-order chi connectivity index (χ0) is 11.2. The molecule has 4 heteroatoms. The van der Waals surface area contributed by atoms with Gasteiger partial charge in [-0.3, -0.25) is 0 Å². The average Bonchev–Trinajstić information content (AvgIpc) is 2.25. The number of hydrogen-bond acceptors (Lipinski definition) is 4. The fourth-order valence-electron chi connectivity index (χ4n) is 0.881. The standard InChI is InChI=1S/C10H23NO3/c1-4-9(2,6-12)5-11-10(3,7-13)8-14/h11-14H,4-8H2,1-3H3. The van der Waals surface area contributed by atoms with Crippen molar-refractivity contribution in [2.24, 2.45) is 5.41 Å². The highest BCUT2D eigenvalue weighted by Gasteiger charge is 2.27. The Hall–Kier alpha value is -0.160. The molecule has 0 aromatic carbocycles. The van der Waals surface area contributed by atoms with Gasteiger partial charge in [0.15, 0.2) is 0 Å². The highest BCUT2D eigenvalue weighted by Crippen LogP contribution is 2.19. The molecule has 4 nitrogen and oxygen atoms in total. The van der Waals surface area contributed by atoms with Crippen molar-refractivity contribution in [2.45, 2.75) is 32.7 Å². The third-order valence-corrected chi connectivity index (χ3v) is 2.88. The van der Waals surface area contributed by atoms with E-state index in [-0.39, 0.29) is 25.2 Å². The Kier molecular flexibility index (Phi) is 5.59. The third-order valence-electron chi connectivity index (χ3n) is 2.88. The van der Waals surface area contributed by atoms with Crippen molar-refractivity contribution in [1.82, 2.24) is 5.32 Å². The minimum atomic E-state index is -0.661. The first-order valence-corrected chi connectivity index (χ1v) is 5.03. The molecule has 0 aliphatic carbocycles. The smallest absolute Gasteiger partial charge is 0.0633 e. The number of aliphatic hydroxyl groups is 3. The summed E-state index contributed by atoms with van der Waals surface area (Å²) in [5.41, 5.74) is -0.850. The number of aliphatic hydroxyl groups excluding tert-OH is 3. The molecule has 0 fully saturated rings. The van der Waals surface area contributed by atoms with Gasteiger partial charge < -0.3 is 20.6 Å². The van der Waals surface area contributed by atoms with E-state index in [9.17, 15) is 0 Å². The molecule has 0 saturated heterocycles. The van der Waals surface area contributed by atoms with E-state index in [1.165, 1.54) is 0 Å². The topological polar surface area (TPSA) is 72.7 Å². The lowest BCUT2D eigenvalue weighted by atomic mass is 9.87. The Bertz CT molecular complexity index is 135. The molecule has 0 aromatic heterocycles. The summed E-state index contributed by atoms with van der Waals surface area (Å²) in [6.07, 6.45) is 0.851. The van der Waals surface area contributed by atoms with Crippen molar-refractivity contribution in [1.29, 1.82) is 0 Å². The molecule has 14 heavy (non-hydrogen) atoms. The quantitative estimate of drug-likeness (QED) is 0.461. The van der Waals surface area contributed by atoms with Crippen molar-refractivity contribution in [3.63, 3.8) is 0 Å². The Morgan fingerprint density at radius 1 is 1.00 bits per heavy atom. The number of nitrogens with one attached hydrogen (secondary N) is 1. The third kappa shape index (κ3) is 3.92. The highest BCUT2D eigenvalue weighted by molar-refractivity contribution is 4.85. The molecule has 0 aliphatic heterocycles. The average molecular weight is 205 g/mol. The van der Waals surface area contributed by atoms with Gasteiger partial charge in [0.25, 0.3) is 0 Å². The summed E-state index contributed by atoms with van der Waals surface area (Å²) in [6, 6.07) is 0. The first-order valence-electron chi connectivity index (χ1n) is 5.03. The van der Waals surface area contributed by atoms with Crippen LogP contribution < -0.4 is 5.32 Å². The summed E-state index contributed by atoms with van der Waals surface area (Å²) in [7, 11) is 0. The first-order chi connectivity index (χ1) is 6.45. The fraction of sp³-hybridized carbons (Fsp3) is 1.00. The van der Waals surface area contributed by atoms with Gasteiger partial charge in [-0.2, -0.15) is 0 Å². The molecule has 0 saturated carbocycles. The minimum Gasteiger partial charge on any atom is -0.396 e. The second-order valence-electron chi connectivity index (χ2n) is 4.55. The van der Waals surface area contributed by atoms with E-state index in [4.69, 9.17) is 15.3 Å². The maximum atomic E-state index is 9.16. The Labute approximate surface area is 86.0 Å². The van der Waals surface area contributed by atoms with Gasteiger partial charge in [-0.05, 0) is 13.3 Å². The van der Waals surface area contributed by atoms with Gasteiger partial charge in [0.05, 0.1) is 18.8 Å². The SMILES string of the molecule is CCC(C)(CO)CNC(C)(CO)CO. The maximum absolute atomic E-state index is 9.16. The van der Waals surface area contributed by atoms with Crippen LogP contribution in [0.2, 0.25) is 0 Å². The van der Waals surface area contributed by atoms with E-state index in [2.05, 4.69) is 5.32 Å². The first kappa shape index (κ1) is 13.8. The molecule has 4 N–H and O–H groups in total. The van der Waals surface area contributed by atoms with Crippen LogP contribution in [0.1, 0.15) is 27.2 Å². The second kappa shape index (κ2) is 5.66. The molecule has 0 amide bonds. The van der Waals surface area contributed by atoms with Gasteiger partial charge >= 0.3 is 0 Å². The summed E-state index contributed by atoms with van der Waals surface area (Å²) >= 11 is 0. The minimum absolute atomic E-state index is 0.101. The molecular weight excluding hydrogens is 182 g/mol. The van der Waals surface area contributed by atoms with Crippen LogP contribution in [0.3, 0.4) is 0 Å². The van der Waals surface area contributed by atoms with Crippen LogP contribution in [0.5, 0.6) is 0 Å². The highest BCUT2D eigenvalue weighted by atomic mass is 16.3. The molecule has 0 aromatic rings. The zero-order valence-electron chi connectivity index (χ0n) is 9.38. The van der Waals surface area contributed by atoms with Crippen LogP contribution in [0.4, 0.5) is 0 Å². The fourth-order valence-corrected chi connectivity index (χ4v) is 0.881. The van der Waals surface area contributed by atoms with Crippen molar-refractivity contribution < 1.29 is 15.3 Å². The van der Waals surface area contributed by atoms with Crippen molar-refractivity contribution in [2.75, 3.05) is 26.4 Å². The van der Waals surface area contributed by atoms with E-state index < -0.39 is 5.54 Å². The van der Waals surface area contributed by atoms with Crippen LogP contribution in [-0.2, 0) is 0 Å². The van der Waals surface area contributed by atoms with Gasteiger partial charge in [-0.15, -0.1) is 0 Å². The molecule has 0 aliphatic rings. The Balaban J connectivity index is 4.14. The van der Waals surface area contributed by atoms with E-state index in [0.717, 1.165) is 6.42 Å². The summed E-state index contributed by atoms with van der Waals surface area (Å²) in [4.78, 5) is 0. The summed E-state index contributed by atoms with van der Waals surface area (Å²) in [6.45, 7) is 6.17. The number of hydrogen-bond donors (Lipinski definition) is 4. The monoisotopic (exact) mass is 205 g/mol. The van der Waals surface area contributed by atoms with Crippen LogP contribution in [-0.4, -0.2) is 47.2 Å². The Morgan fingerprint density at radius 3 is 1.79 bits per heavy atom. The summed E-state index contributed by atoms with van der Waals surface area (Å²) in [5, 5.41) is 30.3. The Morgan fingerprint density at radius 2 is 1.50 bits per heavy atom. The lowest BCUT2D eigenvalue weighted by molar-refractivity contribution is 0.0743. The van der Waals surface area contributed by atoms with Crippen LogP contribution in [0.15, 0.2) is 0 Å². The molecule has 1 atom stereocenters. The number of rotatable bonds is 7. The normalized spacial score (nSPS) is 16.7. The van der Waals surface area contributed by atoms with Crippen molar-refractivity contribution >= 4 is 0 Å². The summed E-state index contributed by atoms with van der Waals surface area (Å²) in [5.74, 6) is 0. The molecular formula is C10H23NO3. The van der Waals surface area contributed by atoms with E-state index in [1.54, 1.807) is 6.92 Å². The van der Waals surface area contributed by atoms with Crippen LogP contribution >= 0.6 is 0 Å².